The number of anilines is 2. The maximum atomic E-state index is 13.0. The van der Waals surface area contributed by atoms with Crippen LogP contribution in [-0.4, -0.2) is 88.7 Å². The Balaban J connectivity index is 1.54. The van der Waals surface area contributed by atoms with E-state index in [1.807, 2.05) is 11.0 Å². The van der Waals surface area contributed by atoms with E-state index in [0.29, 0.717) is 29.8 Å². The third kappa shape index (κ3) is 4.07. The van der Waals surface area contributed by atoms with Crippen molar-refractivity contribution in [2.45, 2.75) is 6.10 Å². The van der Waals surface area contributed by atoms with Crippen molar-refractivity contribution >= 4 is 22.4 Å². The summed E-state index contributed by atoms with van der Waals surface area (Å²) in [7, 11) is 3.81. The molecule has 2 N–H and O–H groups in total. The number of β-amino-alcohol motifs (C(OH)–C–C–N with tert-alkyl or cyclic N) is 1. The lowest BCUT2D eigenvalue weighted by atomic mass is 10.1. The highest BCUT2D eigenvalue weighted by atomic mass is 16.3. The van der Waals surface area contributed by atoms with Crippen LogP contribution in [0.15, 0.2) is 41.5 Å². The molecular formula is C24H30N6O3. The van der Waals surface area contributed by atoms with E-state index in [1.54, 1.807) is 7.05 Å². The maximum absolute atomic E-state index is 13.0. The van der Waals surface area contributed by atoms with E-state index in [-0.39, 0.29) is 18.1 Å². The Bertz CT molecular complexity index is 1200. The van der Waals surface area contributed by atoms with Gasteiger partial charge >= 0.3 is 0 Å². The number of aliphatic hydroxyl groups is 2. The van der Waals surface area contributed by atoms with Crippen LogP contribution >= 0.6 is 0 Å². The highest BCUT2D eigenvalue weighted by Crippen LogP contribution is 2.31. The third-order valence-electron chi connectivity index (χ3n) is 6.86. The quantitative estimate of drug-likeness (QED) is 0.594. The summed E-state index contributed by atoms with van der Waals surface area (Å²) >= 11 is 0. The lowest BCUT2D eigenvalue weighted by molar-refractivity contribution is 0.104. The number of piperazine rings is 1. The Hall–Kier alpha value is -3.01. The minimum absolute atomic E-state index is 0.112. The normalized spacial score (nSPS) is 21.8. The molecule has 0 bridgehead atoms. The van der Waals surface area contributed by atoms with Gasteiger partial charge < -0.3 is 29.5 Å². The number of aliphatic hydroxyl groups excluding tert-OH is 2. The molecule has 3 aromatic rings. The number of nitrogens with zero attached hydrogens (tertiary/aromatic N) is 6. The second-order valence-electron chi connectivity index (χ2n) is 9.14. The van der Waals surface area contributed by atoms with Gasteiger partial charge in [0.1, 0.15) is 11.2 Å². The zero-order valence-corrected chi connectivity index (χ0v) is 19.1. The highest BCUT2D eigenvalue weighted by molar-refractivity contribution is 5.92. The first-order valence-electron chi connectivity index (χ1n) is 11.4. The number of aromatic nitrogens is 3. The van der Waals surface area contributed by atoms with Crippen molar-refractivity contribution in [3.8, 4) is 11.3 Å². The van der Waals surface area contributed by atoms with E-state index in [0.717, 1.165) is 37.4 Å². The molecule has 2 aliphatic rings. The molecule has 2 fully saturated rings. The van der Waals surface area contributed by atoms with Gasteiger partial charge in [0.25, 0.3) is 5.56 Å². The Kier molecular flexibility index (Phi) is 5.77. The molecule has 0 spiro atoms. The Morgan fingerprint density at radius 1 is 1.03 bits per heavy atom. The molecule has 1 aromatic carbocycles. The molecule has 2 atom stereocenters. The monoisotopic (exact) mass is 450 g/mol. The fraction of sp³-hybridized carbons (Fsp3) is 0.458. The Morgan fingerprint density at radius 3 is 2.42 bits per heavy atom. The summed E-state index contributed by atoms with van der Waals surface area (Å²) < 4.78 is 1.44. The van der Waals surface area contributed by atoms with E-state index < -0.39 is 6.10 Å². The van der Waals surface area contributed by atoms with Crippen molar-refractivity contribution in [3.63, 3.8) is 0 Å². The summed E-state index contributed by atoms with van der Waals surface area (Å²) in [6, 6.07) is 10.2. The van der Waals surface area contributed by atoms with E-state index in [9.17, 15) is 15.0 Å². The second-order valence-corrected chi connectivity index (χ2v) is 9.14. The molecule has 174 valence electrons. The number of likely N-dealkylation sites (N-methyl/N-ethyl adjacent to an activating group) is 1. The molecule has 2 aromatic heterocycles. The smallest absolute Gasteiger partial charge is 0.264 e. The van der Waals surface area contributed by atoms with Crippen LogP contribution in [-0.2, 0) is 7.05 Å². The van der Waals surface area contributed by atoms with E-state index in [1.165, 1.54) is 16.6 Å². The summed E-state index contributed by atoms with van der Waals surface area (Å²) in [6.45, 7) is 4.75. The average molecular weight is 451 g/mol. The summed E-state index contributed by atoms with van der Waals surface area (Å²) in [5.41, 5.74) is 3.25. The lowest BCUT2D eigenvalue weighted by Crippen LogP contribution is -2.44. The number of hydrogen-bond donors (Lipinski definition) is 2. The van der Waals surface area contributed by atoms with Crippen molar-refractivity contribution in [1.82, 2.24) is 19.4 Å². The minimum Gasteiger partial charge on any atom is -0.396 e. The van der Waals surface area contributed by atoms with Crippen molar-refractivity contribution < 1.29 is 10.2 Å². The van der Waals surface area contributed by atoms with Crippen LogP contribution in [0.4, 0.5) is 11.5 Å². The first kappa shape index (κ1) is 21.8. The predicted molar refractivity (Wildman–Crippen MR) is 129 cm³/mol. The molecule has 0 saturated carbocycles. The van der Waals surface area contributed by atoms with E-state index in [2.05, 4.69) is 46.1 Å². The first-order valence-corrected chi connectivity index (χ1v) is 11.4. The van der Waals surface area contributed by atoms with Gasteiger partial charge in [-0.25, -0.2) is 9.97 Å². The van der Waals surface area contributed by atoms with Gasteiger partial charge in [-0.1, -0.05) is 12.1 Å². The zero-order chi connectivity index (χ0) is 23.1. The molecule has 5 rings (SSSR count). The molecular weight excluding hydrogens is 420 g/mol. The van der Waals surface area contributed by atoms with Crippen molar-refractivity contribution in [2.24, 2.45) is 13.0 Å². The molecule has 33 heavy (non-hydrogen) atoms. The van der Waals surface area contributed by atoms with Crippen molar-refractivity contribution in [1.29, 1.82) is 0 Å². The molecule has 0 radical (unpaired) electrons. The van der Waals surface area contributed by atoms with E-state index >= 15 is 0 Å². The highest BCUT2D eigenvalue weighted by Gasteiger charge is 2.33. The molecule has 0 unspecified atom stereocenters. The molecule has 9 heteroatoms. The summed E-state index contributed by atoms with van der Waals surface area (Å²) in [5.74, 6) is 0.239. The topological polar surface area (TPSA) is 98.0 Å². The van der Waals surface area contributed by atoms with Gasteiger partial charge in [0, 0.05) is 63.5 Å². The number of fused-ring (bicyclic) bond motifs is 1. The number of aryl methyl sites for hydroxylation is 1. The van der Waals surface area contributed by atoms with Gasteiger partial charge in [-0.2, -0.15) is 0 Å². The zero-order valence-electron chi connectivity index (χ0n) is 19.1. The minimum atomic E-state index is -0.668. The van der Waals surface area contributed by atoms with Crippen LogP contribution in [0.5, 0.6) is 0 Å². The number of rotatable bonds is 4. The standard InChI is InChI=1S/C24H30N6O3/c1-27-7-9-29(10-8-27)18-5-3-16(4-6-18)19-11-20-22(24(33)28(2)15-25-20)23(26-19)30-12-17(14-31)21(32)13-30/h3-6,11,15,17,21,31-32H,7-10,12-14H2,1-2H3/t17-,21-/m0/s1. The number of benzene rings is 1. The van der Waals surface area contributed by atoms with Crippen LogP contribution in [0.1, 0.15) is 0 Å². The van der Waals surface area contributed by atoms with Gasteiger partial charge in [0.2, 0.25) is 0 Å². The first-order chi connectivity index (χ1) is 15.9. The van der Waals surface area contributed by atoms with Crippen LogP contribution in [0, 0.1) is 5.92 Å². The molecule has 2 aliphatic heterocycles. The van der Waals surface area contributed by atoms with E-state index in [4.69, 9.17) is 4.98 Å². The second kappa shape index (κ2) is 8.74. The predicted octanol–water partition coefficient (Wildman–Crippen LogP) is 0.537. The molecule has 2 saturated heterocycles. The van der Waals surface area contributed by atoms with Crippen LogP contribution in [0.3, 0.4) is 0 Å². The van der Waals surface area contributed by atoms with Gasteiger partial charge in [0.05, 0.1) is 30.2 Å². The Labute approximate surface area is 192 Å². The van der Waals surface area contributed by atoms with Gasteiger partial charge in [-0.3, -0.25) is 4.79 Å². The molecule has 4 heterocycles. The summed E-state index contributed by atoms with van der Waals surface area (Å²) in [5, 5.41) is 20.4. The fourth-order valence-electron chi connectivity index (χ4n) is 4.69. The van der Waals surface area contributed by atoms with Gasteiger partial charge in [0.15, 0.2) is 0 Å². The Morgan fingerprint density at radius 2 is 1.76 bits per heavy atom. The lowest BCUT2D eigenvalue weighted by Gasteiger charge is -2.34. The van der Waals surface area contributed by atoms with Crippen LogP contribution in [0.2, 0.25) is 0 Å². The van der Waals surface area contributed by atoms with Crippen molar-refractivity contribution in [3.05, 3.63) is 47.0 Å². The summed E-state index contributed by atoms with van der Waals surface area (Å²) in [4.78, 5) is 28.9. The fourth-order valence-corrected chi connectivity index (χ4v) is 4.69. The molecule has 9 nitrogen and oxygen atoms in total. The third-order valence-corrected chi connectivity index (χ3v) is 6.86. The van der Waals surface area contributed by atoms with Crippen LogP contribution in [0.25, 0.3) is 22.2 Å². The number of pyridine rings is 1. The largest absolute Gasteiger partial charge is 0.396 e. The average Bonchev–Trinajstić information content (AvgIpc) is 3.22. The van der Waals surface area contributed by atoms with Gasteiger partial charge in [-0.05, 0) is 25.2 Å². The maximum Gasteiger partial charge on any atom is 0.264 e. The summed E-state index contributed by atoms with van der Waals surface area (Å²) in [6.07, 6.45) is 0.850. The molecule has 0 aliphatic carbocycles. The van der Waals surface area contributed by atoms with Crippen LogP contribution < -0.4 is 15.4 Å². The number of hydrogen-bond acceptors (Lipinski definition) is 8. The SMILES string of the molecule is CN1CCN(c2ccc(-c3cc4ncn(C)c(=O)c4c(N4C[C@@H](CO)[C@@H](O)C4)n3)cc2)CC1. The van der Waals surface area contributed by atoms with Gasteiger partial charge in [-0.15, -0.1) is 0 Å². The molecule has 0 amide bonds. The van der Waals surface area contributed by atoms with Crippen molar-refractivity contribution in [2.75, 3.05) is 62.7 Å².